The summed E-state index contributed by atoms with van der Waals surface area (Å²) >= 11 is 3.12. The Balaban J connectivity index is 1.72. The van der Waals surface area contributed by atoms with Gasteiger partial charge in [-0.15, -0.1) is 0 Å². The molecule has 0 saturated carbocycles. The van der Waals surface area contributed by atoms with Crippen molar-refractivity contribution in [1.82, 2.24) is 5.32 Å². The number of nitrogens with one attached hydrogen (secondary N) is 1. The van der Waals surface area contributed by atoms with Crippen molar-refractivity contribution < 1.29 is 18.3 Å². The van der Waals surface area contributed by atoms with Crippen LogP contribution in [0.15, 0.2) is 45.5 Å². The Labute approximate surface area is 117 Å². The van der Waals surface area contributed by atoms with Crippen molar-refractivity contribution >= 4 is 21.8 Å². The molecule has 0 bridgehead atoms. The fourth-order valence-corrected chi connectivity index (χ4v) is 1.69. The van der Waals surface area contributed by atoms with E-state index in [1.807, 2.05) is 0 Å². The number of furan rings is 1. The molecule has 2 rings (SSSR count). The molecule has 6 heteroatoms. The van der Waals surface area contributed by atoms with E-state index in [-0.39, 0.29) is 17.5 Å². The van der Waals surface area contributed by atoms with E-state index < -0.39 is 0 Å². The highest BCUT2D eigenvalue weighted by Gasteiger charge is 2.09. The molecule has 1 aromatic heterocycles. The van der Waals surface area contributed by atoms with E-state index in [2.05, 4.69) is 21.2 Å². The van der Waals surface area contributed by atoms with Gasteiger partial charge in [0, 0.05) is 0 Å². The largest absolute Gasteiger partial charge is 0.492 e. The Morgan fingerprint density at radius 3 is 2.63 bits per heavy atom. The van der Waals surface area contributed by atoms with Crippen LogP contribution in [0.3, 0.4) is 0 Å². The molecule has 2 aromatic rings. The summed E-state index contributed by atoms with van der Waals surface area (Å²) in [6.45, 7) is 0.619. The molecule has 1 N–H and O–H groups in total. The maximum absolute atomic E-state index is 12.6. The smallest absolute Gasteiger partial charge is 0.287 e. The predicted molar refractivity (Wildman–Crippen MR) is 70.6 cm³/mol. The second-order valence-corrected chi connectivity index (χ2v) is 4.44. The fourth-order valence-electron chi connectivity index (χ4n) is 1.39. The topological polar surface area (TPSA) is 51.5 Å². The third-order valence-electron chi connectivity index (χ3n) is 2.27. The van der Waals surface area contributed by atoms with Crippen LogP contribution in [0, 0.1) is 5.82 Å². The van der Waals surface area contributed by atoms with Crippen LogP contribution < -0.4 is 10.1 Å². The molecule has 100 valence electrons. The normalized spacial score (nSPS) is 10.2. The van der Waals surface area contributed by atoms with Crippen molar-refractivity contribution in [2.75, 3.05) is 13.2 Å². The third-order valence-corrected chi connectivity index (χ3v) is 2.69. The summed E-state index contributed by atoms with van der Waals surface area (Å²) in [5.41, 5.74) is 0. The van der Waals surface area contributed by atoms with Crippen molar-refractivity contribution in [3.8, 4) is 5.75 Å². The zero-order valence-electron chi connectivity index (χ0n) is 9.86. The van der Waals surface area contributed by atoms with Gasteiger partial charge in [0.05, 0.1) is 6.54 Å². The third kappa shape index (κ3) is 4.10. The molecule has 0 aliphatic carbocycles. The van der Waals surface area contributed by atoms with Gasteiger partial charge in [0.15, 0.2) is 10.4 Å². The molecule has 0 unspecified atom stereocenters. The molecule has 0 spiro atoms. The van der Waals surface area contributed by atoms with Gasteiger partial charge in [0.2, 0.25) is 0 Å². The number of carbonyl (C=O) groups excluding carboxylic acids is 1. The Bertz CT molecular complexity index is 553. The summed E-state index contributed by atoms with van der Waals surface area (Å²) in [6.07, 6.45) is 0. The fraction of sp³-hybridized carbons (Fsp3) is 0.154. The van der Waals surface area contributed by atoms with E-state index in [0.717, 1.165) is 0 Å². The Morgan fingerprint density at radius 2 is 2.00 bits per heavy atom. The minimum absolute atomic E-state index is 0.230. The highest BCUT2D eigenvalue weighted by Crippen LogP contribution is 2.13. The molecule has 0 atom stereocenters. The van der Waals surface area contributed by atoms with Crippen molar-refractivity contribution in [3.63, 3.8) is 0 Å². The van der Waals surface area contributed by atoms with Gasteiger partial charge in [-0.3, -0.25) is 4.79 Å². The van der Waals surface area contributed by atoms with E-state index in [1.165, 1.54) is 24.3 Å². The van der Waals surface area contributed by atoms with Gasteiger partial charge < -0.3 is 14.5 Å². The maximum atomic E-state index is 12.6. The SMILES string of the molecule is O=C(NCCOc1ccc(F)cc1)c1ccc(Br)o1. The summed E-state index contributed by atoms with van der Waals surface area (Å²) < 4.78 is 23.6. The molecule has 1 heterocycles. The van der Waals surface area contributed by atoms with Crippen LogP contribution in [0.25, 0.3) is 0 Å². The van der Waals surface area contributed by atoms with Gasteiger partial charge in [0.1, 0.15) is 18.2 Å². The van der Waals surface area contributed by atoms with E-state index in [9.17, 15) is 9.18 Å². The first kappa shape index (κ1) is 13.6. The summed E-state index contributed by atoms with van der Waals surface area (Å²) in [5, 5.41) is 2.64. The van der Waals surface area contributed by atoms with Gasteiger partial charge >= 0.3 is 0 Å². The number of halogens is 2. The van der Waals surface area contributed by atoms with Crippen molar-refractivity contribution in [3.05, 3.63) is 52.6 Å². The number of amides is 1. The molecule has 0 fully saturated rings. The zero-order chi connectivity index (χ0) is 13.7. The van der Waals surface area contributed by atoms with Crippen molar-refractivity contribution in [1.29, 1.82) is 0 Å². The predicted octanol–water partition coefficient (Wildman–Crippen LogP) is 2.99. The number of hydrogen-bond donors (Lipinski definition) is 1. The lowest BCUT2D eigenvalue weighted by Gasteiger charge is -2.06. The minimum Gasteiger partial charge on any atom is -0.492 e. The summed E-state index contributed by atoms with van der Waals surface area (Å²) in [5.74, 6) is 0.155. The zero-order valence-corrected chi connectivity index (χ0v) is 11.4. The lowest BCUT2D eigenvalue weighted by Crippen LogP contribution is -2.27. The monoisotopic (exact) mass is 327 g/mol. The average molecular weight is 328 g/mol. The Hall–Kier alpha value is -1.82. The van der Waals surface area contributed by atoms with Crippen LogP contribution >= 0.6 is 15.9 Å². The number of rotatable bonds is 5. The van der Waals surface area contributed by atoms with Gasteiger partial charge in [0.25, 0.3) is 5.91 Å². The quantitative estimate of drug-likeness (QED) is 0.859. The molecule has 19 heavy (non-hydrogen) atoms. The number of hydrogen-bond acceptors (Lipinski definition) is 3. The van der Waals surface area contributed by atoms with Crippen LogP contribution in [0.1, 0.15) is 10.6 Å². The van der Waals surface area contributed by atoms with Crippen LogP contribution in [0.4, 0.5) is 4.39 Å². The molecule has 0 radical (unpaired) electrons. The Morgan fingerprint density at radius 1 is 1.26 bits per heavy atom. The molecule has 0 aliphatic heterocycles. The van der Waals surface area contributed by atoms with Gasteiger partial charge in [-0.1, -0.05) is 0 Å². The Kier molecular flexibility index (Phi) is 4.57. The highest BCUT2D eigenvalue weighted by molar-refractivity contribution is 9.10. The van der Waals surface area contributed by atoms with Crippen LogP contribution in [-0.4, -0.2) is 19.1 Å². The molecular formula is C13H11BrFNO3. The first-order valence-corrected chi connectivity index (χ1v) is 6.36. The summed E-state index contributed by atoms with van der Waals surface area (Å²) in [4.78, 5) is 11.6. The number of benzene rings is 1. The van der Waals surface area contributed by atoms with Gasteiger partial charge in [-0.05, 0) is 52.3 Å². The van der Waals surface area contributed by atoms with Gasteiger partial charge in [-0.2, -0.15) is 0 Å². The van der Waals surface area contributed by atoms with E-state index in [0.29, 0.717) is 23.6 Å². The molecule has 0 saturated heterocycles. The number of carbonyl (C=O) groups is 1. The van der Waals surface area contributed by atoms with Crippen LogP contribution in [-0.2, 0) is 0 Å². The summed E-state index contributed by atoms with van der Waals surface area (Å²) in [7, 11) is 0. The van der Waals surface area contributed by atoms with Gasteiger partial charge in [-0.25, -0.2) is 4.39 Å². The highest BCUT2D eigenvalue weighted by atomic mass is 79.9. The maximum Gasteiger partial charge on any atom is 0.287 e. The second-order valence-electron chi connectivity index (χ2n) is 3.66. The molecule has 4 nitrogen and oxygen atoms in total. The lowest BCUT2D eigenvalue weighted by molar-refractivity contribution is 0.0918. The lowest BCUT2D eigenvalue weighted by atomic mass is 10.3. The standard InChI is InChI=1S/C13H11BrFNO3/c14-12-6-5-11(19-12)13(17)16-7-8-18-10-3-1-9(15)2-4-10/h1-6H,7-8H2,(H,16,17). The van der Waals surface area contributed by atoms with Crippen LogP contribution in [0.2, 0.25) is 0 Å². The first-order chi connectivity index (χ1) is 9.15. The minimum atomic E-state index is -0.316. The van der Waals surface area contributed by atoms with E-state index in [4.69, 9.17) is 9.15 Å². The molecule has 0 aliphatic rings. The van der Waals surface area contributed by atoms with Crippen molar-refractivity contribution in [2.24, 2.45) is 0 Å². The van der Waals surface area contributed by atoms with E-state index in [1.54, 1.807) is 12.1 Å². The summed E-state index contributed by atoms with van der Waals surface area (Å²) in [6, 6.07) is 8.90. The van der Waals surface area contributed by atoms with E-state index >= 15 is 0 Å². The molecule has 1 amide bonds. The van der Waals surface area contributed by atoms with Crippen LogP contribution in [0.5, 0.6) is 5.75 Å². The van der Waals surface area contributed by atoms with Crippen molar-refractivity contribution in [2.45, 2.75) is 0 Å². The second kappa shape index (κ2) is 6.38. The number of ether oxygens (including phenoxy) is 1. The first-order valence-electron chi connectivity index (χ1n) is 5.57. The molecule has 1 aromatic carbocycles. The average Bonchev–Trinajstić information content (AvgIpc) is 2.83. The molecular weight excluding hydrogens is 317 g/mol.